The number of aliphatic hydroxyl groups is 1. The molecule has 0 fully saturated rings. The van der Waals surface area contributed by atoms with Crippen molar-refractivity contribution in [1.29, 1.82) is 0 Å². The first-order valence-electron chi connectivity index (χ1n) is 8.63. The Morgan fingerprint density at radius 3 is 2.21 bits per heavy atom. The molecule has 29 heavy (non-hydrogen) atoms. The largest absolute Gasteiger partial charge is 0.872 e. The van der Waals surface area contributed by atoms with Crippen LogP contribution in [0.1, 0.15) is 16.7 Å². The average molecular weight is 388 g/mol. The number of hydrogen-bond acceptors (Lipinski definition) is 6. The molecule has 0 saturated carbocycles. The number of hydrogen-bond donors (Lipinski definition) is 2. The minimum absolute atomic E-state index is 0.0567. The maximum Gasteiger partial charge on any atom is 0.281 e. The van der Waals surface area contributed by atoms with Crippen molar-refractivity contribution in [2.24, 2.45) is 5.10 Å². The third kappa shape index (κ3) is 2.91. The minimum atomic E-state index is -1.95. The number of nitrogens with zero attached hydrogens (tertiary/aromatic N) is 2. The highest BCUT2D eigenvalue weighted by molar-refractivity contribution is 5.99. The summed E-state index contributed by atoms with van der Waals surface area (Å²) in [5, 5.41) is 37.7. The summed E-state index contributed by atoms with van der Waals surface area (Å²) < 4.78 is 0. The van der Waals surface area contributed by atoms with Crippen LogP contribution >= 0.6 is 0 Å². The number of non-ortho nitro benzene ring substituents is 1. The molecule has 0 unspecified atom stereocenters. The van der Waals surface area contributed by atoms with Gasteiger partial charge in [0.05, 0.1) is 11.1 Å². The number of carbonyl (C=O) groups excluding carboxylic acids is 1. The second-order valence-electron chi connectivity index (χ2n) is 6.48. The van der Waals surface area contributed by atoms with E-state index in [2.05, 4.69) is 10.5 Å². The van der Waals surface area contributed by atoms with Crippen molar-refractivity contribution in [3.8, 4) is 16.9 Å². The normalized spacial score (nSPS) is 13.7. The van der Waals surface area contributed by atoms with Crippen molar-refractivity contribution in [3.05, 3.63) is 93.5 Å². The van der Waals surface area contributed by atoms with Gasteiger partial charge in [0.1, 0.15) is 0 Å². The quantitative estimate of drug-likeness (QED) is 0.402. The van der Waals surface area contributed by atoms with E-state index >= 15 is 0 Å². The summed E-state index contributed by atoms with van der Waals surface area (Å²) in [6, 6.07) is 17.2. The summed E-state index contributed by atoms with van der Waals surface area (Å²) in [7, 11) is 0. The fourth-order valence-corrected chi connectivity index (χ4v) is 3.45. The summed E-state index contributed by atoms with van der Waals surface area (Å²) in [6.07, 6.45) is 1.02. The molecule has 2 N–H and O–H groups in total. The molecule has 0 bridgehead atoms. The number of nitro benzene ring substituents is 1. The topological polar surface area (TPSA) is 128 Å². The van der Waals surface area contributed by atoms with E-state index in [0.29, 0.717) is 11.1 Å². The Morgan fingerprint density at radius 1 is 1.03 bits per heavy atom. The van der Waals surface area contributed by atoms with E-state index in [1.165, 1.54) is 0 Å². The van der Waals surface area contributed by atoms with Crippen LogP contribution in [0.3, 0.4) is 0 Å². The molecular weight excluding hydrogens is 374 g/mol. The number of amides is 1. The van der Waals surface area contributed by atoms with E-state index in [4.69, 9.17) is 0 Å². The number of fused-ring (bicyclic) bond motifs is 3. The van der Waals surface area contributed by atoms with E-state index in [-0.39, 0.29) is 11.3 Å². The Morgan fingerprint density at radius 2 is 1.62 bits per heavy atom. The lowest BCUT2D eigenvalue weighted by Gasteiger charge is -2.23. The number of hydrazone groups is 1. The van der Waals surface area contributed by atoms with E-state index in [1.807, 2.05) is 24.3 Å². The van der Waals surface area contributed by atoms with Crippen molar-refractivity contribution in [1.82, 2.24) is 5.43 Å². The van der Waals surface area contributed by atoms with Crippen LogP contribution in [-0.2, 0) is 10.4 Å². The zero-order chi connectivity index (χ0) is 20.6. The highest BCUT2D eigenvalue weighted by Crippen LogP contribution is 2.47. The van der Waals surface area contributed by atoms with Crippen LogP contribution in [0.5, 0.6) is 5.75 Å². The predicted octanol–water partition coefficient (Wildman–Crippen LogP) is 2.03. The molecule has 8 heteroatoms. The van der Waals surface area contributed by atoms with Crippen molar-refractivity contribution in [2.75, 3.05) is 0 Å². The van der Waals surface area contributed by atoms with Crippen molar-refractivity contribution >= 4 is 17.8 Å². The smallest absolute Gasteiger partial charge is 0.281 e. The van der Waals surface area contributed by atoms with Gasteiger partial charge >= 0.3 is 0 Å². The third-order valence-electron chi connectivity index (χ3n) is 4.83. The maximum absolute atomic E-state index is 12.9. The first-order chi connectivity index (χ1) is 13.9. The molecule has 4 rings (SSSR count). The Kier molecular flexibility index (Phi) is 4.33. The molecular formula is C21H14N3O5-. The molecule has 1 aliphatic carbocycles. The van der Waals surface area contributed by atoms with Crippen LogP contribution in [0.4, 0.5) is 5.69 Å². The second-order valence-corrected chi connectivity index (χ2v) is 6.48. The minimum Gasteiger partial charge on any atom is -0.872 e. The van der Waals surface area contributed by atoms with Gasteiger partial charge in [-0.1, -0.05) is 60.3 Å². The Balaban J connectivity index is 1.65. The van der Waals surface area contributed by atoms with Gasteiger partial charge in [-0.25, -0.2) is 5.43 Å². The number of rotatable bonds is 4. The maximum atomic E-state index is 12.9. The average Bonchev–Trinajstić information content (AvgIpc) is 3.00. The van der Waals surface area contributed by atoms with E-state index in [9.17, 15) is 25.1 Å². The van der Waals surface area contributed by atoms with Gasteiger partial charge in [0.25, 0.3) is 11.6 Å². The van der Waals surface area contributed by atoms with Crippen LogP contribution in [-0.4, -0.2) is 22.2 Å². The van der Waals surface area contributed by atoms with Gasteiger partial charge in [-0.15, -0.1) is 0 Å². The third-order valence-corrected chi connectivity index (χ3v) is 4.83. The molecule has 0 spiro atoms. The van der Waals surface area contributed by atoms with Gasteiger partial charge in [0.15, 0.2) is 5.60 Å². The van der Waals surface area contributed by atoms with Gasteiger partial charge in [-0.2, -0.15) is 5.10 Å². The van der Waals surface area contributed by atoms with Gasteiger partial charge in [0, 0.05) is 23.3 Å². The highest BCUT2D eigenvalue weighted by Gasteiger charge is 2.47. The van der Waals surface area contributed by atoms with Crippen LogP contribution in [0.25, 0.3) is 11.1 Å². The van der Waals surface area contributed by atoms with Crippen LogP contribution in [0.15, 0.2) is 71.8 Å². The van der Waals surface area contributed by atoms with Crippen LogP contribution in [0.2, 0.25) is 0 Å². The number of benzene rings is 3. The molecule has 0 atom stereocenters. The molecule has 3 aromatic rings. The summed E-state index contributed by atoms with van der Waals surface area (Å²) in [5.74, 6) is -1.28. The van der Waals surface area contributed by atoms with Gasteiger partial charge in [-0.05, 0) is 16.7 Å². The second kappa shape index (κ2) is 6.84. The summed E-state index contributed by atoms with van der Waals surface area (Å²) in [5.41, 5.74) is 2.30. The molecule has 0 aromatic heterocycles. The number of nitrogens with one attached hydrogen (secondary N) is 1. The highest BCUT2D eigenvalue weighted by atomic mass is 16.6. The zero-order valence-electron chi connectivity index (χ0n) is 14.9. The molecule has 1 aliphatic rings. The van der Waals surface area contributed by atoms with Crippen molar-refractivity contribution in [2.45, 2.75) is 5.60 Å². The molecule has 8 nitrogen and oxygen atoms in total. The lowest BCUT2D eigenvalue weighted by Crippen LogP contribution is -2.42. The SMILES string of the molecule is O=C(N/N=C\c1cc([N+](=O)[O-])ccc1[O-])C1(O)c2ccccc2-c2ccccc21. The van der Waals surface area contributed by atoms with Crippen molar-refractivity contribution < 1.29 is 19.9 Å². The molecule has 0 saturated heterocycles. The van der Waals surface area contributed by atoms with E-state index < -0.39 is 22.2 Å². The Labute approximate surface area is 164 Å². The van der Waals surface area contributed by atoms with Crippen molar-refractivity contribution in [3.63, 3.8) is 0 Å². The molecule has 0 radical (unpaired) electrons. The molecule has 1 amide bonds. The first-order valence-corrected chi connectivity index (χ1v) is 8.63. The standard InChI is InChI=1S/C21H15N3O5/c25-19-10-9-14(24(28)29)11-13(19)12-22-23-20(26)21(27)17-7-3-1-5-15(17)16-6-2-4-8-18(16)21/h1-12,25,27H,(H,23,26)/p-1/b22-12-. The van der Waals surface area contributed by atoms with Crippen LogP contribution in [0, 0.1) is 10.1 Å². The zero-order valence-corrected chi connectivity index (χ0v) is 14.9. The molecule has 0 aliphatic heterocycles. The predicted molar refractivity (Wildman–Crippen MR) is 103 cm³/mol. The van der Waals surface area contributed by atoms with Gasteiger partial charge in [0.2, 0.25) is 0 Å². The van der Waals surface area contributed by atoms with Crippen LogP contribution < -0.4 is 10.5 Å². The lowest BCUT2D eigenvalue weighted by molar-refractivity contribution is -0.385. The fraction of sp³-hybridized carbons (Fsp3) is 0.0476. The number of carbonyl (C=O) groups is 1. The number of nitro groups is 1. The lowest BCUT2D eigenvalue weighted by atomic mass is 9.91. The Bertz CT molecular complexity index is 1130. The van der Waals surface area contributed by atoms with Gasteiger partial charge < -0.3 is 10.2 Å². The molecule has 144 valence electrons. The van der Waals surface area contributed by atoms with E-state index in [0.717, 1.165) is 35.5 Å². The summed E-state index contributed by atoms with van der Waals surface area (Å²) in [6.45, 7) is 0. The Hall–Kier alpha value is -4.04. The molecule has 0 heterocycles. The summed E-state index contributed by atoms with van der Waals surface area (Å²) >= 11 is 0. The molecule has 3 aromatic carbocycles. The summed E-state index contributed by atoms with van der Waals surface area (Å²) in [4.78, 5) is 23.1. The van der Waals surface area contributed by atoms with Gasteiger partial charge in [-0.3, -0.25) is 14.9 Å². The fourth-order valence-electron chi connectivity index (χ4n) is 3.45. The first kappa shape index (κ1) is 18.3. The monoisotopic (exact) mass is 388 g/mol. The van der Waals surface area contributed by atoms with E-state index in [1.54, 1.807) is 24.3 Å².